The maximum atomic E-state index is 6.16. The molecule has 0 saturated carbocycles. The van der Waals surface area contributed by atoms with Crippen molar-refractivity contribution in [2.45, 2.75) is 52.4 Å². The predicted octanol–water partition coefficient (Wildman–Crippen LogP) is 4.04. The van der Waals surface area contributed by atoms with Gasteiger partial charge in [0.1, 0.15) is 5.82 Å². The van der Waals surface area contributed by atoms with Crippen LogP contribution < -0.4 is 5.32 Å². The van der Waals surface area contributed by atoms with Gasteiger partial charge in [-0.25, -0.2) is 4.98 Å². The summed E-state index contributed by atoms with van der Waals surface area (Å²) >= 11 is 0. The monoisotopic (exact) mass is 266 g/mol. The normalized spacial score (nSPS) is 12.6. The highest BCUT2D eigenvalue weighted by Gasteiger charge is 2.37. The van der Waals surface area contributed by atoms with E-state index in [0.29, 0.717) is 6.61 Å². The first-order chi connectivity index (χ1) is 8.26. The van der Waals surface area contributed by atoms with E-state index in [1.807, 2.05) is 18.2 Å². The van der Waals surface area contributed by atoms with E-state index in [9.17, 15) is 0 Å². The van der Waals surface area contributed by atoms with E-state index in [4.69, 9.17) is 4.43 Å². The van der Waals surface area contributed by atoms with E-state index >= 15 is 0 Å². The van der Waals surface area contributed by atoms with Gasteiger partial charge in [0.15, 0.2) is 8.32 Å². The van der Waals surface area contributed by atoms with Crippen LogP contribution in [-0.2, 0) is 11.0 Å². The minimum absolute atomic E-state index is 0.242. The van der Waals surface area contributed by atoms with Crippen molar-refractivity contribution >= 4 is 14.1 Å². The first-order valence-electron chi connectivity index (χ1n) is 6.60. The van der Waals surface area contributed by atoms with Gasteiger partial charge < -0.3 is 9.74 Å². The molecule has 0 radical (unpaired) electrons. The molecule has 0 aliphatic heterocycles. The van der Waals surface area contributed by atoms with Crippen LogP contribution in [0.3, 0.4) is 0 Å². The smallest absolute Gasteiger partial charge is 0.192 e. The predicted molar refractivity (Wildman–Crippen MR) is 80.4 cm³/mol. The number of nitrogens with zero attached hydrogens (tertiary/aromatic N) is 1. The van der Waals surface area contributed by atoms with Crippen LogP contribution in [0.15, 0.2) is 18.2 Å². The third-order valence-corrected chi connectivity index (χ3v) is 8.03. The molecule has 0 atom stereocenters. The quantitative estimate of drug-likeness (QED) is 0.817. The highest BCUT2D eigenvalue weighted by Crippen LogP contribution is 2.36. The molecule has 0 aliphatic rings. The first-order valence-corrected chi connectivity index (χ1v) is 9.51. The summed E-state index contributed by atoms with van der Waals surface area (Å²) in [7, 11) is -1.68. The van der Waals surface area contributed by atoms with Crippen molar-refractivity contribution in [2.24, 2.45) is 0 Å². The molecule has 1 N–H and O–H groups in total. The molecule has 0 aromatic carbocycles. The van der Waals surface area contributed by atoms with E-state index in [0.717, 1.165) is 18.1 Å². The average Bonchev–Trinajstić information content (AvgIpc) is 2.26. The fourth-order valence-electron chi connectivity index (χ4n) is 1.31. The Bertz CT molecular complexity index is 386. The van der Waals surface area contributed by atoms with Gasteiger partial charge in [0, 0.05) is 6.54 Å². The lowest BCUT2D eigenvalue weighted by Gasteiger charge is -2.36. The average molecular weight is 266 g/mol. The van der Waals surface area contributed by atoms with Crippen molar-refractivity contribution in [3.8, 4) is 0 Å². The van der Waals surface area contributed by atoms with E-state index in [-0.39, 0.29) is 5.04 Å². The second-order valence-electron chi connectivity index (χ2n) is 6.09. The first kappa shape index (κ1) is 15.2. The van der Waals surface area contributed by atoms with Gasteiger partial charge in [0.05, 0.1) is 12.3 Å². The van der Waals surface area contributed by atoms with Crippen LogP contribution in [0.25, 0.3) is 0 Å². The number of hydrogen-bond acceptors (Lipinski definition) is 3. The van der Waals surface area contributed by atoms with Crippen LogP contribution in [0.1, 0.15) is 33.4 Å². The Morgan fingerprint density at radius 3 is 2.50 bits per heavy atom. The number of hydrogen-bond donors (Lipinski definition) is 1. The second kappa shape index (κ2) is 5.84. The van der Waals surface area contributed by atoms with E-state index in [1.54, 1.807) is 0 Å². The number of rotatable bonds is 5. The topological polar surface area (TPSA) is 34.1 Å². The lowest BCUT2D eigenvalue weighted by molar-refractivity contribution is 0.272. The molecule has 4 heteroatoms. The van der Waals surface area contributed by atoms with Crippen molar-refractivity contribution in [1.82, 2.24) is 4.98 Å². The van der Waals surface area contributed by atoms with E-state index in [2.05, 4.69) is 51.1 Å². The van der Waals surface area contributed by atoms with Crippen molar-refractivity contribution in [1.29, 1.82) is 0 Å². The molecule has 0 aliphatic carbocycles. The van der Waals surface area contributed by atoms with E-state index < -0.39 is 8.32 Å². The summed E-state index contributed by atoms with van der Waals surface area (Å²) in [5, 5.41) is 3.46. The Hall–Kier alpha value is -0.873. The fraction of sp³-hybridized carbons (Fsp3) is 0.643. The van der Waals surface area contributed by atoms with Crippen LogP contribution in [0.4, 0.5) is 5.82 Å². The molecule has 0 saturated heterocycles. The molecule has 0 fully saturated rings. The summed E-state index contributed by atoms with van der Waals surface area (Å²) in [6, 6.07) is 6.03. The van der Waals surface area contributed by atoms with Crippen molar-refractivity contribution in [3.63, 3.8) is 0 Å². The highest BCUT2D eigenvalue weighted by molar-refractivity contribution is 6.74. The van der Waals surface area contributed by atoms with Gasteiger partial charge >= 0.3 is 0 Å². The zero-order valence-corrected chi connectivity index (χ0v) is 13.5. The molecule has 1 rings (SSSR count). The largest absolute Gasteiger partial charge is 0.411 e. The van der Waals surface area contributed by atoms with Crippen molar-refractivity contribution in [3.05, 3.63) is 23.9 Å². The SMILES string of the molecule is CCNc1cccc(CO[Si](C)(C)C(C)(C)C)n1. The Kier molecular flexibility index (Phi) is 4.93. The molecule has 18 heavy (non-hydrogen) atoms. The van der Waals surface area contributed by atoms with Gasteiger partial charge in [-0.05, 0) is 37.2 Å². The summed E-state index contributed by atoms with van der Waals surface area (Å²) in [5.74, 6) is 0.925. The molecular formula is C14H26N2OSi. The zero-order chi connectivity index (χ0) is 13.8. The van der Waals surface area contributed by atoms with Crippen LogP contribution in [0.2, 0.25) is 18.1 Å². The summed E-state index contributed by atoms with van der Waals surface area (Å²) in [4.78, 5) is 4.53. The molecule has 0 amide bonds. The van der Waals surface area contributed by atoms with Gasteiger partial charge in [-0.1, -0.05) is 26.8 Å². The molecular weight excluding hydrogens is 240 g/mol. The molecule has 1 heterocycles. The molecule has 0 spiro atoms. The Morgan fingerprint density at radius 1 is 1.28 bits per heavy atom. The summed E-state index contributed by atoms with van der Waals surface area (Å²) in [6.45, 7) is 14.9. The molecule has 102 valence electrons. The minimum atomic E-state index is -1.68. The van der Waals surface area contributed by atoms with Gasteiger partial charge in [-0.2, -0.15) is 0 Å². The Morgan fingerprint density at radius 2 is 1.94 bits per heavy atom. The van der Waals surface area contributed by atoms with Gasteiger partial charge in [0.2, 0.25) is 0 Å². The number of nitrogens with one attached hydrogen (secondary N) is 1. The van der Waals surface area contributed by atoms with Crippen LogP contribution in [0, 0.1) is 0 Å². The Labute approximate surface area is 112 Å². The lowest BCUT2D eigenvalue weighted by Crippen LogP contribution is -2.40. The van der Waals surface area contributed by atoms with Gasteiger partial charge in [-0.3, -0.25) is 0 Å². The van der Waals surface area contributed by atoms with Gasteiger partial charge in [0.25, 0.3) is 0 Å². The summed E-state index contributed by atoms with van der Waals surface area (Å²) in [6.07, 6.45) is 0. The van der Waals surface area contributed by atoms with E-state index in [1.165, 1.54) is 0 Å². The van der Waals surface area contributed by atoms with Crippen LogP contribution in [0.5, 0.6) is 0 Å². The van der Waals surface area contributed by atoms with Crippen LogP contribution >= 0.6 is 0 Å². The maximum absolute atomic E-state index is 6.16. The summed E-state index contributed by atoms with van der Waals surface area (Å²) < 4.78 is 6.16. The molecule has 1 aromatic rings. The van der Waals surface area contributed by atoms with Crippen LogP contribution in [-0.4, -0.2) is 19.8 Å². The molecule has 0 unspecified atom stereocenters. The number of pyridine rings is 1. The van der Waals surface area contributed by atoms with Crippen molar-refractivity contribution in [2.75, 3.05) is 11.9 Å². The number of anilines is 1. The second-order valence-corrected chi connectivity index (χ2v) is 10.9. The molecule has 1 aromatic heterocycles. The zero-order valence-electron chi connectivity index (χ0n) is 12.5. The Balaban J connectivity index is 2.66. The molecule has 3 nitrogen and oxygen atoms in total. The van der Waals surface area contributed by atoms with Gasteiger partial charge in [-0.15, -0.1) is 0 Å². The third kappa shape index (κ3) is 4.10. The minimum Gasteiger partial charge on any atom is -0.411 e. The fourth-order valence-corrected chi connectivity index (χ4v) is 2.25. The third-order valence-electron chi connectivity index (χ3n) is 3.55. The summed E-state index contributed by atoms with van der Waals surface area (Å²) in [5.41, 5.74) is 0.998. The molecule has 0 bridgehead atoms. The highest BCUT2D eigenvalue weighted by atomic mass is 28.4. The maximum Gasteiger partial charge on any atom is 0.192 e. The number of aromatic nitrogens is 1. The lowest BCUT2D eigenvalue weighted by atomic mass is 10.2. The van der Waals surface area contributed by atoms with Crippen molar-refractivity contribution < 1.29 is 4.43 Å². The standard InChI is InChI=1S/C14H26N2OSi/c1-7-15-13-10-8-9-12(16-13)11-17-18(5,6)14(2,3)4/h8-10H,7,11H2,1-6H3,(H,15,16).